The highest BCUT2D eigenvalue weighted by molar-refractivity contribution is 7.91. The molecule has 0 fully saturated rings. The molecule has 0 saturated carbocycles. The molecule has 0 aromatic heterocycles. The zero-order valence-electron chi connectivity index (χ0n) is 6.63. The minimum Gasteiger partial charge on any atom is -0.249 e. The van der Waals surface area contributed by atoms with E-state index in [-0.39, 0.29) is 6.04 Å². The molecule has 0 amide bonds. The maximum Gasteiger partial charge on any atom is 0.0696 e. The predicted octanol–water partition coefficient (Wildman–Crippen LogP) is 1.72. The Kier molecular flexibility index (Phi) is 1.43. The first-order valence-corrected chi connectivity index (χ1v) is 4.78. The van der Waals surface area contributed by atoms with Crippen molar-refractivity contribution in [3.8, 4) is 0 Å². The highest BCUT2D eigenvalue weighted by Gasteiger charge is 1.98. The van der Waals surface area contributed by atoms with Crippen LogP contribution in [0.4, 0.5) is 0 Å². The van der Waals surface area contributed by atoms with Crippen LogP contribution in [-0.4, -0.2) is 10.5 Å². The van der Waals surface area contributed by atoms with Crippen LogP contribution in [0.1, 0.15) is 1.37 Å². The van der Waals surface area contributed by atoms with Crippen LogP contribution in [0.2, 0.25) is 0 Å². The van der Waals surface area contributed by atoms with Crippen molar-refractivity contribution in [1.82, 2.24) is 0 Å². The van der Waals surface area contributed by atoms with Crippen LogP contribution in [-0.2, 0) is 9.73 Å². The molecular weight excluding hydrogens is 146 g/mol. The third-order valence-corrected chi connectivity index (χ3v) is 2.19. The Bertz CT molecular complexity index is 358. The number of hydrogen-bond acceptors (Lipinski definition) is 2. The quantitative estimate of drug-likeness (QED) is 0.660. The average molecular weight is 156 g/mol. The molecule has 0 aliphatic rings. The average Bonchev–Trinajstić information content (AvgIpc) is 1.86. The zero-order valence-corrected chi connectivity index (χ0v) is 6.44. The van der Waals surface area contributed by atoms with Crippen LogP contribution >= 0.6 is 0 Å². The molecule has 1 atom stereocenters. The van der Waals surface area contributed by atoms with E-state index in [9.17, 15) is 4.21 Å². The van der Waals surface area contributed by atoms with Gasteiger partial charge in [-0.2, -0.15) is 0 Å². The van der Waals surface area contributed by atoms with E-state index in [0.29, 0.717) is 4.90 Å². The summed E-state index contributed by atoms with van der Waals surface area (Å²) in [5.74, 6) is 0. The van der Waals surface area contributed by atoms with Gasteiger partial charge in [-0.05, 0) is 12.1 Å². The first-order chi connectivity index (χ1) is 5.02. The van der Waals surface area contributed by atoms with Crippen molar-refractivity contribution in [2.24, 2.45) is 0 Å². The van der Waals surface area contributed by atoms with Crippen LogP contribution in [0.3, 0.4) is 0 Å². The second-order valence-electron chi connectivity index (χ2n) is 2.07. The summed E-state index contributed by atoms with van der Waals surface area (Å²) in [7, 11) is -2.72. The van der Waals surface area contributed by atoms with Gasteiger partial charge in [0, 0.05) is 11.2 Å². The third kappa shape index (κ3) is 1.57. The van der Waals surface area contributed by atoms with Gasteiger partial charge in [0.15, 0.2) is 0 Å². The van der Waals surface area contributed by atoms with Crippen LogP contribution < -0.4 is 0 Å². The number of benzene rings is 1. The SMILES string of the molecule is [2H]c1ccccc1S(C)(=N)=O. The monoisotopic (exact) mass is 156 g/mol. The van der Waals surface area contributed by atoms with Crippen molar-refractivity contribution >= 4 is 9.73 Å². The molecule has 1 rings (SSSR count). The second kappa shape index (κ2) is 2.42. The standard InChI is InChI=1S/C7H9NOS/c1-10(8,9)7-5-3-2-4-6-7/h2-6,8H,1H3/i5D. The van der Waals surface area contributed by atoms with Gasteiger partial charge in [-0.15, -0.1) is 0 Å². The topological polar surface area (TPSA) is 40.9 Å². The predicted molar refractivity (Wildman–Crippen MR) is 41.5 cm³/mol. The molecule has 0 spiro atoms. The van der Waals surface area contributed by atoms with Gasteiger partial charge in [0.1, 0.15) is 0 Å². The highest BCUT2D eigenvalue weighted by Crippen LogP contribution is 2.06. The van der Waals surface area contributed by atoms with Crippen molar-refractivity contribution in [1.29, 1.82) is 4.78 Å². The molecular formula is C7H9NOS. The van der Waals surface area contributed by atoms with Crippen LogP contribution in [0.5, 0.6) is 0 Å². The van der Waals surface area contributed by atoms with E-state index in [1.807, 2.05) is 0 Å². The van der Waals surface area contributed by atoms with E-state index in [0.717, 1.165) is 0 Å². The van der Waals surface area contributed by atoms with Crippen LogP contribution in [0, 0.1) is 4.78 Å². The molecule has 10 heavy (non-hydrogen) atoms. The summed E-state index contributed by atoms with van der Waals surface area (Å²) in [4.78, 5) is 0.306. The van der Waals surface area contributed by atoms with Crippen LogP contribution in [0.25, 0.3) is 0 Å². The Morgan fingerprint density at radius 3 is 2.70 bits per heavy atom. The molecule has 0 bridgehead atoms. The molecule has 2 nitrogen and oxygen atoms in total. The van der Waals surface area contributed by atoms with E-state index in [1.54, 1.807) is 18.2 Å². The van der Waals surface area contributed by atoms with Crippen molar-refractivity contribution in [3.63, 3.8) is 0 Å². The lowest BCUT2D eigenvalue weighted by Gasteiger charge is -1.97. The third-order valence-electron chi connectivity index (χ3n) is 1.10. The van der Waals surface area contributed by atoms with E-state index >= 15 is 0 Å². The summed E-state index contributed by atoms with van der Waals surface area (Å²) in [5.41, 5.74) is 0. The van der Waals surface area contributed by atoms with Crippen molar-refractivity contribution in [3.05, 3.63) is 30.3 Å². The molecule has 0 aliphatic heterocycles. The Morgan fingerprint density at radius 2 is 2.30 bits per heavy atom. The Labute approximate surface area is 62.3 Å². The van der Waals surface area contributed by atoms with Crippen LogP contribution in [0.15, 0.2) is 35.2 Å². The summed E-state index contributed by atoms with van der Waals surface area (Å²) >= 11 is 0. The summed E-state index contributed by atoms with van der Waals surface area (Å²) in [6, 6.07) is 6.64. The van der Waals surface area contributed by atoms with Crippen molar-refractivity contribution < 1.29 is 5.58 Å². The van der Waals surface area contributed by atoms with Gasteiger partial charge in [0.2, 0.25) is 0 Å². The molecule has 0 heterocycles. The number of nitrogens with one attached hydrogen (secondary N) is 1. The molecule has 0 saturated heterocycles. The fourth-order valence-corrected chi connectivity index (χ4v) is 1.25. The zero-order chi connectivity index (χ0) is 8.48. The fourth-order valence-electron chi connectivity index (χ4n) is 0.619. The van der Waals surface area contributed by atoms with Crippen molar-refractivity contribution in [2.45, 2.75) is 4.90 Å². The normalized spacial score (nSPS) is 17.5. The summed E-state index contributed by atoms with van der Waals surface area (Å²) in [5, 5.41) is 0. The van der Waals surface area contributed by atoms with Gasteiger partial charge in [0.05, 0.1) is 11.1 Å². The van der Waals surface area contributed by atoms with Gasteiger partial charge in [0.25, 0.3) is 0 Å². The smallest absolute Gasteiger partial charge is 0.0696 e. The minimum atomic E-state index is -2.72. The van der Waals surface area contributed by atoms with Gasteiger partial charge in [-0.25, -0.2) is 8.99 Å². The first kappa shape index (κ1) is 5.92. The largest absolute Gasteiger partial charge is 0.249 e. The Balaban J connectivity index is 3.37. The molecule has 3 heteroatoms. The van der Waals surface area contributed by atoms with E-state index in [1.165, 1.54) is 12.3 Å². The Morgan fingerprint density at radius 1 is 1.60 bits per heavy atom. The molecule has 0 radical (unpaired) electrons. The number of hydrogen-bond donors (Lipinski definition) is 1. The minimum absolute atomic E-state index is 0.176. The van der Waals surface area contributed by atoms with Gasteiger partial charge < -0.3 is 0 Å². The summed E-state index contributed by atoms with van der Waals surface area (Å²) in [6.07, 6.45) is 1.32. The molecule has 54 valence electrons. The van der Waals surface area contributed by atoms with Gasteiger partial charge in [-0.3, -0.25) is 0 Å². The maximum atomic E-state index is 11.2. The van der Waals surface area contributed by atoms with Gasteiger partial charge >= 0.3 is 0 Å². The summed E-state index contributed by atoms with van der Waals surface area (Å²) in [6.45, 7) is 0. The molecule has 1 aromatic rings. The lowest BCUT2D eigenvalue weighted by molar-refractivity contribution is 0.679. The summed E-state index contributed by atoms with van der Waals surface area (Å²) < 4.78 is 25.7. The van der Waals surface area contributed by atoms with Gasteiger partial charge in [-0.1, -0.05) is 18.2 Å². The van der Waals surface area contributed by atoms with E-state index < -0.39 is 9.73 Å². The molecule has 0 aliphatic carbocycles. The van der Waals surface area contributed by atoms with E-state index in [4.69, 9.17) is 6.15 Å². The Hall–Kier alpha value is -0.830. The number of rotatable bonds is 1. The molecule has 1 aromatic carbocycles. The second-order valence-corrected chi connectivity index (χ2v) is 4.20. The molecule has 1 unspecified atom stereocenters. The molecule has 1 N–H and O–H groups in total. The van der Waals surface area contributed by atoms with E-state index in [2.05, 4.69) is 0 Å². The van der Waals surface area contributed by atoms with Crippen molar-refractivity contribution in [2.75, 3.05) is 6.26 Å². The fraction of sp³-hybridized carbons (Fsp3) is 0.143. The lowest BCUT2D eigenvalue weighted by atomic mass is 10.4. The first-order valence-electron chi connectivity index (χ1n) is 3.31. The lowest BCUT2D eigenvalue weighted by Crippen LogP contribution is -1.92. The highest BCUT2D eigenvalue weighted by atomic mass is 32.2. The maximum absolute atomic E-state index is 11.2.